The van der Waals surface area contributed by atoms with Gasteiger partial charge in [-0.1, -0.05) is 140 Å². The number of rotatable bonds is 5. The van der Waals surface area contributed by atoms with Crippen molar-refractivity contribution in [1.29, 1.82) is 0 Å². The maximum atomic E-state index is 2.49. The van der Waals surface area contributed by atoms with Crippen LogP contribution in [-0.2, 0) is 6.42 Å². The Kier molecular flexibility index (Phi) is 6.14. The van der Waals surface area contributed by atoms with Crippen LogP contribution in [0.4, 0.5) is 0 Å². The number of para-hydroxylation sites is 1. The Bertz CT molecular complexity index is 2470. The molecule has 9 aromatic rings. The van der Waals surface area contributed by atoms with E-state index in [1.54, 1.807) is 0 Å². The summed E-state index contributed by atoms with van der Waals surface area (Å²) in [7, 11) is 0. The van der Waals surface area contributed by atoms with Crippen molar-refractivity contribution >= 4 is 53.3 Å². The number of aromatic nitrogens is 1. The summed E-state index contributed by atoms with van der Waals surface area (Å²) in [6, 6.07) is 59.8. The van der Waals surface area contributed by atoms with Crippen LogP contribution < -0.4 is 0 Å². The predicted molar refractivity (Wildman–Crippen MR) is 194 cm³/mol. The first-order valence-electron chi connectivity index (χ1n) is 15.5. The van der Waals surface area contributed by atoms with Crippen LogP contribution in [0.15, 0.2) is 164 Å². The highest BCUT2D eigenvalue weighted by molar-refractivity contribution is 7.26. The number of benzene rings is 7. The lowest BCUT2D eigenvalue weighted by Gasteiger charge is -2.11. The largest absolute Gasteiger partial charge is 0.307 e. The summed E-state index contributed by atoms with van der Waals surface area (Å²) in [5.74, 6) is 0. The molecule has 212 valence electrons. The number of nitrogens with zero attached hydrogens (tertiary/aromatic N) is 1. The Morgan fingerprint density at radius 2 is 1.02 bits per heavy atom. The Hall–Kier alpha value is -5.44. The van der Waals surface area contributed by atoms with Gasteiger partial charge < -0.3 is 4.57 Å². The first-order valence-corrected chi connectivity index (χ1v) is 16.3. The van der Waals surface area contributed by atoms with Gasteiger partial charge in [-0.3, -0.25) is 0 Å². The normalized spacial score (nSPS) is 11.6. The van der Waals surface area contributed by atoms with E-state index in [1.807, 2.05) is 11.3 Å². The summed E-state index contributed by atoms with van der Waals surface area (Å²) < 4.78 is 5.15. The second kappa shape index (κ2) is 10.6. The van der Waals surface area contributed by atoms with Gasteiger partial charge in [-0.25, -0.2) is 0 Å². The molecule has 0 aliphatic heterocycles. The van der Waals surface area contributed by atoms with Gasteiger partial charge in [-0.15, -0.1) is 11.3 Å². The van der Waals surface area contributed by atoms with E-state index in [1.165, 1.54) is 81.0 Å². The van der Waals surface area contributed by atoms with Gasteiger partial charge in [0.1, 0.15) is 0 Å². The van der Waals surface area contributed by atoms with E-state index in [0.717, 1.165) is 6.42 Å². The van der Waals surface area contributed by atoms with Crippen molar-refractivity contribution in [3.05, 3.63) is 175 Å². The number of fused-ring (bicyclic) bond motifs is 7. The molecule has 0 fully saturated rings. The quantitative estimate of drug-likeness (QED) is 0.188. The second-order valence-corrected chi connectivity index (χ2v) is 12.8. The molecule has 0 aliphatic rings. The van der Waals surface area contributed by atoms with Gasteiger partial charge in [-0.2, -0.15) is 0 Å². The lowest BCUT2D eigenvalue weighted by Crippen LogP contribution is -1.94. The van der Waals surface area contributed by atoms with Gasteiger partial charge in [0.05, 0.1) is 15.7 Å². The SMILES string of the molecule is c1ccc(-c2ccc(Cc3ccc(-c4ccc5sc6c7ccc8ccccc8c7n(-c7ccccc7)c6c5c4)cc3)cc2)cc1. The summed E-state index contributed by atoms with van der Waals surface area (Å²) in [6.45, 7) is 0. The second-order valence-electron chi connectivity index (χ2n) is 11.8. The molecular weight excluding hydrogens is 563 g/mol. The Morgan fingerprint density at radius 3 is 1.76 bits per heavy atom. The summed E-state index contributed by atoms with van der Waals surface area (Å²) >= 11 is 1.90. The Morgan fingerprint density at radius 1 is 0.422 bits per heavy atom. The average molecular weight is 592 g/mol. The standard InChI is InChI=1S/C43H29NS/c1-3-9-31(10-4-1)32-19-15-29(16-20-32)27-30-17-21-33(22-18-30)35-24-26-40-39(28-35)42-43(45-40)38-25-23-34-11-7-8-14-37(34)41(38)44(42)36-12-5-2-6-13-36/h1-26,28H,27H2. The molecule has 1 nitrogen and oxygen atoms in total. The fourth-order valence-electron chi connectivity index (χ4n) is 6.79. The molecule has 2 heteroatoms. The number of hydrogen-bond acceptors (Lipinski definition) is 1. The average Bonchev–Trinajstić information content (AvgIpc) is 3.64. The molecule has 0 amide bonds. The van der Waals surface area contributed by atoms with Gasteiger partial charge in [0.15, 0.2) is 0 Å². The van der Waals surface area contributed by atoms with E-state index in [9.17, 15) is 0 Å². The smallest absolute Gasteiger partial charge is 0.0728 e. The van der Waals surface area contributed by atoms with Crippen molar-refractivity contribution in [2.75, 3.05) is 0 Å². The van der Waals surface area contributed by atoms with Crippen molar-refractivity contribution in [3.63, 3.8) is 0 Å². The number of thiophene rings is 1. The molecule has 2 aromatic heterocycles. The van der Waals surface area contributed by atoms with Gasteiger partial charge in [0.25, 0.3) is 0 Å². The third-order valence-electron chi connectivity index (χ3n) is 9.03. The predicted octanol–water partition coefficient (Wildman–Crippen LogP) is 12.1. The first-order chi connectivity index (χ1) is 22.3. The summed E-state index contributed by atoms with van der Waals surface area (Å²) in [5.41, 5.74) is 11.4. The zero-order valence-electron chi connectivity index (χ0n) is 24.7. The summed E-state index contributed by atoms with van der Waals surface area (Å²) in [4.78, 5) is 0. The molecule has 9 rings (SSSR count). The molecule has 0 bridgehead atoms. The van der Waals surface area contributed by atoms with Gasteiger partial charge >= 0.3 is 0 Å². The van der Waals surface area contributed by atoms with Crippen LogP contribution in [0.1, 0.15) is 11.1 Å². The van der Waals surface area contributed by atoms with Gasteiger partial charge in [0.2, 0.25) is 0 Å². The molecule has 0 radical (unpaired) electrons. The minimum Gasteiger partial charge on any atom is -0.307 e. The molecule has 2 heterocycles. The zero-order valence-corrected chi connectivity index (χ0v) is 25.5. The van der Waals surface area contributed by atoms with Crippen molar-refractivity contribution in [2.45, 2.75) is 6.42 Å². The molecule has 0 atom stereocenters. The molecule has 0 N–H and O–H groups in total. The monoisotopic (exact) mass is 591 g/mol. The molecule has 0 aliphatic carbocycles. The molecule has 0 unspecified atom stereocenters. The molecular formula is C43H29NS. The van der Waals surface area contributed by atoms with Gasteiger partial charge in [-0.05, 0) is 69.5 Å². The maximum Gasteiger partial charge on any atom is 0.0728 e. The van der Waals surface area contributed by atoms with E-state index in [2.05, 4.69) is 168 Å². The Balaban J connectivity index is 1.11. The molecule has 0 spiro atoms. The van der Waals surface area contributed by atoms with E-state index in [-0.39, 0.29) is 0 Å². The highest BCUT2D eigenvalue weighted by Gasteiger charge is 2.20. The van der Waals surface area contributed by atoms with Crippen molar-refractivity contribution < 1.29 is 0 Å². The van der Waals surface area contributed by atoms with Crippen molar-refractivity contribution in [1.82, 2.24) is 4.57 Å². The highest BCUT2D eigenvalue weighted by Crippen LogP contribution is 2.45. The van der Waals surface area contributed by atoms with Crippen LogP contribution in [-0.4, -0.2) is 4.57 Å². The molecule has 0 saturated carbocycles. The lowest BCUT2D eigenvalue weighted by molar-refractivity contribution is 1.19. The third-order valence-corrected chi connectivity index (χ3v) is 10.2. The molecule has 45 heavy (non-hydrogen) atoms. The van der Waals surface area contributed by atoms with Crippen LogP contribution >= 0.6 is 11.3 Å². The van der Waals surface area contributed by atoms with Crippen LogP contribution in [0, 0.1) is 0 Å². The first kappa shape index (κ1) is 26.0. The third kappa shape index (κ3) is 4.46. The summed E-state index contributed by atoms with van der Waals surface area (Å²) in [5, 5.41) is 5.18. The minimum atomic E-state index is 0.921. The fourth-order valence-corrected chi connectivity index (χ4v) is 7.99. The lowest BCUT2D eigenvalue weighted by atomic mass is 9.98. The Labute approximate surface area is 266 Å². The minimum absolute atomic E-state index is 0.921. The van der Waals surface area contributed by atoms with Gasteiger partial charge in [0, 0.05) is 26.5 Å². The van der Waals surface area contributed by atoms with Crippen LogP contribution in [0.3, 0.4) is 0 Å². The van der Waals surface area contributed by atoms with E-state index >= 15 is 0 Å². The number of hydrogen-bond donors (Lipinski definition) is 0. The topological polar surface area (TPSA) is 4.93 Å². The maximum absolute atomic E-state index is 2.49. The van der Waals surface area contributed by atoms with Crippen molar-refractivity contribution in [3.8, 4) is 27.9 Å². The molecule has 0 saturated heterocycles. The molecule has 7 aromatic carbocycles. The van der Waals surface area contributed by atoms with E-state index in [4.69, 9.17) is 0 Å². The zero-order chi connectivity index (χ0) is 29.7. The van der Waals surface area contributed by atoms with Crippen LogP contribution in [0.25, 0.3) is 69.9 Å². The van der Waals surface area contributed by atoms with Crippen LogP contribution in [0.5, 0.6) is 0 Å². The fraction of sp³-hybridized carbons (Fsp3) is 0.0233. The van der Waals surface area contributed by atoms with E-state index in [0.29, 0.717) is 0 Å². The highest BCUT2D eigenvalue weighted by atomic mass is 32.1. The van der Waals surface area contributed by atoms with Crippen molar-refractivity contribution in [2.24, 2.45) is 0 Å². The summed E-state index contributed by atoms with van der Waals surface area (Å²) in [6.07, 6.45) is 0.921. The van der Waals surface area contributed by atoms with Crippen LogP contribution in [0.2, 0.25) is 0 Å². The van der Waals surface area contributed by atoms with E-state index < -0.39 is 0 Å².